The zero-order chi connectivity index (χ0) is 25.3. The summed E-state index contributed by atoms with van der Waals surface area (Å²) in [5.41, 5.74) is 3.06. The van der Waals surface area contributed by atoms with Gasteiger partial charge in [0.05, 0.1) is 23.0 Å². The zero-order valence-electron chi connectivity index (χ0n) is 20.3. The molecule has 0 saturated heterocycles. The molecule has 0 spiro atoms. The lowest BCUT2D eigenvalue weighted by molar-refractivity contribution is -0.113. The first-order chi connectivity index (χ1) is 17.5. The highest BCUT2D eigenvalue weighted by molar-refractivity contribution is 7.99. The standard InChI is InChI=1S/C28H29N5O2S/c1-3-33-25(18-21-12-6-4-7-13-21)31-32-28(33)36-19-26(34)30-24-17-11-10-16-23(24)27(35)29-20(2)22-14-8-5-9-15-22/h4-17,20H,3,18-19H2,1-2H3,(H,29,35)(H,30,34). The number of nitrogens with zero attached hydrogens (tertiary/aromatic N) is 3. The number of thioether (sulfide) groups is 1. The Morgan fingerprint density at radius 3 is 2.31 bits per heavy atom. The highest BCUT2D eigenvalue weighted by atomic mass is 32.2. The molecule has 4 rings (SSSR count). The first kappa shape index (κ1) is 25.2. The predicted molar refractivity (Wildman–Crippen MR) is 143 cm³/mol. The third-order valence-corrected chi connectivity index (χ3v) is 6.71. The van der Waals surface area contributed by atoms with E-state index in [2.05, 4.69) is 33.0 Å². The van der Waals surface area contributed by atoms with Crippen LogP contribution in [-0.2, 0) is 17.8 Å². The van der Waals surface area contributed by atoms with Crippen LogP contribution in [0.25, 0.3) is 0 Å². The minimum absolute atomic E-state index is 0.153. The van der Waals surface area contributed by atoms with E-state index < -0.39 is 0 Å². The Kier molecular flexibility index (Phi) is 8.52. The molecule has 0 radical (unpaired) electrons. The van der Waals surface area contributed by atoms with Crippen LogP contribution in [0, 0.1) is 0 Å². The van der Waals surface area contributed by atoms with Gasteiger partial charge in [0, 0.05) is 13.0 Å². The van der Waals surface area contributed by atoms with Crippen LogP contribution in [0.4, 0.5) is 5.69 Å². The lowest BCUT2D eigenvalue weighted by Gasteiger charge is -2.16. The van der Waals surface area contributed by atoms with E-state index >= 15 is 0 Å². The Balaban J connectivity index is 1.38. The van der Waals surface area contributed by atoms with Crippen LogP contribution in [0.3, 0.4) is 0 Å². The van der Waals surface area contributed by atoms with E-state index in [4.69, 9.17) is 0 Å². The van der Waals surface area contributed by atoms with Gasteiger partial charge in [0.1, 0.15) is 5.82 Å². The number of hydrogen-bond acceptors (Lipinski definition) is 5. The van der Waals surface area contributed by atoms with Gasteiger partial charge in [-0.15, -0.1) is 10.2 Å². The molecule has 8 heteroatoms. The first-order valence-electron chi connectivity index (χ1n) is 11.9. The molecule has 1 unspecified atom stereocenters. The Labute approximate surface area is 215 Å². The SMILES string of the molecule is CCn1c(Cc2ccccc2)nnc1SCC(=O)Nc1ccccc1C(=O)NC(C)c1ccccc1. The first-order valence-corrected chi connectivity index (χ1v) is 12.9. The molecule has 36 heavy (non-hydrogen) atoms. The number of anilines is 1. The number of hydrogen-bond donors (Lipinski definition) is 2. The van der Waals surface area contributed by atoms with Crippen molar-refractivity contribution in [1.82, 2.24) is 20.1 Å². The van der Waals surface area contributed by atoms with Crippen molar-refractivity contribution in [2.75, 3.05) is 11.1 Å². The van der Waals surface area contributed by atoms with Crippen LogP contribution < -0.4 is 10.6 Å². The molecule has 0 aliphatic rings. The Morgan fingerprint density at radius 2 is 1.58 bits per heavy atom. The maximum absolute atomic E-state index is 13.0. The lowest BCUT2D eigenvalue weighted by Crippen LogP contribution is -2.28. The second-order valence-electron chi connectivity index (χ2n) is 8.29. The second kappa shape index (κ2) is 12.2. The minimum atomic E-state index is -0.244. The maximum atomic E-state index is 13.0. The molecule has 0 fully saturated rings. The molecular formula is C28H29N5O2S. The smallest absolute Gasteiger partial charge is 0.253 e. The van der Waals surface area contributed by atoms with E-state index in [-0.39, 0.29) is 23.6 Å². The Bertz CT molecular complexity index is 1310. The van der Waals surface area contributed by atoms with E-state index in [1.165, 1.54) is 11.8 Å². The monoisotopic (exact) mass is 499 g/mol. The van der Waals surface area contributed by atoms with Crippen molar-refractivity contribution in [2.45, 2.75) is 38.0 Å². The van der Waals surface area contributed by atoms with Gasteiger partial charge in [-0.25, -0.2) is 0 Å². The fraction of sp³-hybridized carbons (Fsp3) is 0.214. The zero-order valence-corrected chi connectivity index (χ0v) is 21.2. The van der Waals surface area contributed by atoms with Crippen molar-refractivity contribution < 1.29 is 9.59 Å². The number of amides is 2. The van der Waals surface area contributed by atoms with Gasteiger partial charge in [-0.05, 0) is 37.1 Å². The fourth-order valence-electron chi connectivity index (χ4n) is 3.86. The second-order valence-corrected chi connectivity index (χ2v) is 9.24. The average molecular weight is 500 g/mol. The van der Waals surface area contributed by atoms with Crippen molar-refractivity contribution in [3.63, 3.8) is 0 Å². The summed E-state index contributed by atoms with van der Waals surface area (Å²) in [6.45, 7) is 4.68. The molecule has 0 aliphatic carbocycles. The molecule has 4 aromatic rings. The molecule has 1 heterocycles. The summed E-state index contributed by atoms with van der Waals surface area (Å²) in [4.78, 5) is 25.7. The van der Waals surface area contributed by atoms with Crippen molar-refractivity contribution in [1.29, 1.82) is 0 Å². The molecule has 184 valence electrons. The van der Waals surface area contributed by atoms with Crippen LogP contribution in [-0.4, -0.2) is 32.3 Å². The topological polar surface area (TPSA) is 88.9 Å². The third-order valence-electron chi connectivity index (χ3n) is 5.74. The number of carbonyl (C=O) groups excluding carboxylic acids is 2. The third kappa shape index (κ3) is 6.40. The lowest BCUT2D eigenvalue weighted by atomic mass is 10.1. The average Bonchev–Trinajstić information content (AvgIpc) is 3.30. The van der Waals surface area contributed by atoms with E-state index in [0.717, 1.165) is 17.0 Å². The molecule has 1 atom stereocenters. The normalized spacial score (nSPS) is 11.6. The van der Waals surface area contributed by atoms with Gasteiger partial charge in [-0.3, -0.25) is 9.59 Å². The molecule has 2 N–H and O–H groups in total. The number of carbonyl (C=O) groups is 2. The van der Waals surface area contributed by atoms with Gasteiger partial charge in [0.15, 0.2) is 5.16 Å². The maximum Gasteiger partial charge on any atom is 0.253 e. The molecular weight excluding hydrogens is 470 g/mol. The summed E-state index contributed by atoms with van der Waals surface area (Å²) in [5.74, 6) is 0.554. The van der Waals surface area contributed by atoms with Gasteiger partial charge in [0.25, 0.3) is 5.91 Å². The van der Waals surface area contributed by atoms with E-state index in [9.17, 15) is 9.59 Å². The van der Waals surface area contributed by atoms with Gasteiger partial charge in [-0.2, -0.15) is 0 Å². The van der Waals surface area contributed by atoms with Crippen LogP contribution >= 0.6 is 11.8 Å². The van der Waals surface area contributed by atoms with Crippen LogP contribution in [0.5, 0.6) is 0 Å². The molecule has 0 aliphatic heterocycles. The molecule has 0 saturated carbocycles. The highest BCUT2D eigenvalue weighted by Gasteiger charge is 2.17. The van der Waals surface area contributed by atoms with Crippen LogP contribution in [0.2, 0.25) is 0 Å². The summed E-state index contributed by atoms with van der Waals surface area (Å²) in [6.07, 6.45) is 0.679. The Morgan fingerprint density at radius 1 is 0.917 bits per heavy atom. The van der Waals surface area contributed by atoms with Gasteiger partial charge in [-0.1, -0.05) is 84.6 Å². The van der Waals surface area contributed by atoms with Crippen molar-refractivity contribution in [3.8, 4) is 0 Å². The van der Waals surface area contributed by atoms with E-state index in [1.54, 1.807) is 24.3 Å². The number of rotatable bonds is 10. The van der Waals surface area contributed by atoms with Crippen molar-refractivity contribution in [3.05, 3.63) is 107 Å². The highest BCUT2D eigenvalue weighted by Crippen LogP contribution is 2.21. The van der Waals surface area contributed by atoms with Gasteiger partial charge in [0.2, 0.25) is 5.91 Å². The van der Waals surface area contributed by atoms with E-state index in [0.29, 0.717) is 29.4 Å². The summed E-state index contributed by atoms with van der Waals surface area (Å²) >= 11 is 1.33. The summed E-state index contributed by atoms with van der Waals surface area (Å²) in [6, 6.07) is 26.7. The van der Waals surface area contributed by atoms with Gasteiger partial charge >= 0.3 is 0 Å². The van der Waals surface area contributed by atoms with Crippen molar-refractivity contribution in [2.24, 2.45) is 0 Å². The van der Waals surface area contributed by atoms with E-state index in [1.807, 2.05) is 66.9 Å². The fourth-order valence-corrected chi connectivity index (χ4v) is 4.68. The number of aromatic nitrogens is 3. The quantitative estimate of drug-likeness (QED) is 0.296. The number of para-hydroxylation sites is 1. The number of nitrogens with one attached hydrogen (secondary N) is 2. The molecule has 3 aromatic carbocycles. The molecule has 1 aromatic heterocycles. The molecule has 2 amide bonds. The van der Waals surface area contributed by atoms with Crippen molar-refractivity contribution >= 4 is 29.3 Å². The minimum Gasteiger partial charge on any atom is -0.345 e. The summed E-state index contributed by atoms with van der Waals surface area (Å²) < 4.78 is 2.03. The van der Waals surface area contributed by atoms with Gasteiger partial charge < -0.3 is 15.2 Å². The van der Waals surface area contributed by atoms with Crippen LogP contribution in [0.1, 0.15) is 47.2 Å². The largest absolute Gasteiger partial charge is 0.345 e. The molecule has 0 bridgehead atoms. The molecule has 7 nitrogen and oxygen atoms in total. The Hall–Kier alpha value is -3.91. The summed E-state index contributed by atoms with van der Waals surface area (Å²) in [7, 11) is 0. The predicted octanol–water partition coefficient (Wildman–Crippen LogP) is 5.11. The summed E-state index contributed by atoms with van der Waals surface area (Å²) in [5, 5.41) is 15.2. The number of benzene rings is 3. The van der Waals surface area contributed by atoms with Crippen LogP contribution in [0.15, 0.2) is 90.1 Å².